The van der Waals surface area contributed by atoms with E-state index in [0.717, 1.165) is 11.0 Å². The summed E-state index contributed by atoms with van der Waals surface area (Å²) in [5, 5.41) is 10.8. The first-order valence-electron chi connectivity index (χ1n) is 7.09. The second-order valence-corrected chi connectivity index (χ2v) is 7.66. The second-order valence-electron chi connectivity index (χ2n) is 5.94. The van der Waals surface area contributed by atoms with Crippen LogP contribution in [0.25, 0.3) is 11.0 Å². The van der Waals surface area contributed by atoms with Gasteiger partial charge in [-0.05, 0) is 19.9 Å². The highest BCUT2D eigenvalue weighted by Crippen LogP contribution is 2.51. The molecule has 118 valence electrons. The maximum Gasteiger partial charge on any atom is 0.163 e. The van der Waals surface area contributed by atoms with Gasteiger partial charge in [-0.25, -0.2) is 9.97 Å². The SMILES string of the molecule is CC1(C)O[C@@H]2[C@H](O1)[C@@H](CO)S[C@@H]2n1ccc2c(Cl)ncnc21. The number of thioether (sulfide) groups is 1. The van der Waals surface area contributed by atoms with Gasteiger partial charge in [0.05, 0.1) is 17.2 Å². The van der Waals surface area contributed by atoms with E-state index >= 15 is 0 Å². The maximum atomic E-state index is 9.64. The third-order valence-corrected chi connectivity index (χ3v) is 5.88. The summed E-state index contributed by atoms with van der Waals surface area (Å²) in [7, 11) is 0. The van der Waals surface area contributed by atoms with Crippen molar-refractivity contribution >= 4 is 34.4 Å². The van der Waals surface area contributed by atoms with Gasteiger partial charge in [0.2, 0.25) is 0 Å². The molecule has 4 heterocycles. The summed E-state index contributed by atoms with van der Waals surface area (Å²) < 4.78 is 14.1. The number of hydrogen-bond donors (Lipinski definition) is 1. The topological polar surface area (TPSA) is 69.4 Å². The van der Waals surface area contributed by atoms with Crippen molar-refractivity contribution in [2.24, 2.45) is 0 Å². The first kappa shape index (κ1) is 14.7. The van der Waals surface area contributed by atoms with E-state index in [9.17, 15) is 5.11 Å². The molecule has 2 aliphatic heterocycles. The van der Waals surface area contributed by atoms with Gasteiger partial charge in [-0.3, -0.25) is 0 Å². The predicted octanol–water partition coefficient (Wildman–Crippen LogP) is 2.21. The molecule has 2 aromatic heterocycles. The number of ether oxygens (including phenoxy) is 2. The van der Waals surface area contributed by atoms with Crippen LogP contribution in [0, 0.1) is 0 Å². The molecule has 0 saturated carbocycles. The second kappa shape index (κ2) is 5.07. The minimum absolute atomic E-state index is 0.0209. The number of aliphatic hydroxyl groups excluding tert-OH is 1. The summed E-state index contributed by atoms with van der Waals surface area (Å²) in [5.74, 6) is -0.641. The molecule has 0 aromatic carbocycles. The van der Waals surface area contributed by atoms with Crippen molar-refractivity contribution in [3.05, 3.63) is 23.7 Å². The fourth-order valence-electron chi connectivity index (χ4n) is 3.18. The standard InChI is InChI=1S/C14H16ClN3O3S/c1-14(2)20-9-8(5-19)22-13(10(9)21-14)18-4-3-7-11(15)16-6-17-12(7)18/h3-4,6,8-10,13,19H,5H2,1-2H3/t8-,9-,10-,13+/m1/s1. The number of nitrogens with zero attached hydrogens (tertiary/aromatic N) is 3. The van der Waals surface area contributed by atoms with Crippen LogP contribution >= 0.6 is 23.4 Å². The molecule has 2 saturated heterocycles. The molecule has 2 aliphatic rings. The Balaban J connectivity index is 1.77. The van der Waals surface area contributed by atoms with Crippen molar-refractivity contribution in [1.29, 1.82) is 0 Å². The molecule has 0 aliphatic carbocycles. The van der Waals surface area contributed by atoms with Crippen LogP contribution < -0.4 is 0 Å². The van der Waals surface area contributed by atoms with E-state index < -0.39 is 5.79 Å². The van der Waals surface area contributed by atoms with Crippen LogP contribution in [0.5, 0.6) is 0 Å². The first-order chi connectivity index (χ1) is 10.5. The van der Waals surface area contributed by atoms with E-state index in [1.165, 1.54) is 6.33 Å². The van der Waals surface area contributed by atoms with Gasteiger partial charge in [-0.1, -0.05) is 11.6 Å². The van der Waals surface area contributed by atoms with E-state index in [1.807, 2.05) is 30.7 Å². The van der Waals surface area contributed by atoms with Gasteiger partial charge < -0.3 is 19.1 Å². The fraction of sp³-hybridized carbons (Fsp3) is 0.571. The average Bonchev–Trinajstić information content (AvgIpc) is 3.10. The average molecular weight is 342 g/mol. The molecule has 2 fully saturated rings. The van der Waals surface area contributed by atoms with Gasteiger partial charge in [-0.2, -0.15) is 0 Å². The lowest BCUT2D eigenvalue weighted by Crippen LogP contribution is -2.30. The number of fused-ring (bicyclic) bond motifs is 2. The van der Waals surface area contributed by atoms with Crippen LogP contribution in [0.1, 0.15) is 19.2 Å². The summed E-state index contributed by atoms with van der Waals surface area (Å²) in [5.41, 5.74) is 0.767. The largest absolute Gasteiger partial charge is 0.395 e. The van der Waals surface area contributed by atoms with Crippen LogP contribution in [0.4, 0.5) is 0 Å². The Kier molecular flexibility index (Phi) is 3.39. The van der Waals surface area contributed by atoms with Gasteiger partial charge >= 0.3 is 0 Å². The lowest BCUT2D eigenvalue weighted by atomic mass is 10.1. The number of aliphatic hydroxyl groups is 1. The molecular weight excluding hydrogens is 326 g/mol. The number of hydrogen-bond acceptors (Lipinski definition) is 6. The molecule has 0 radical (unpaired) electrons. The van der Waals surface area contributed by atoms with E-state index in [-0.39, 0.29) is 29.4 Å². The molecule has 2 aromatic rings. The number of rotatable bonds is 2. The van der Waals surface area contributed by atoms with Crippen molar-refractivity contribution < 1.29 is 14.6 Å². The Morgan fingerprint density at radius 3 is 2.91 bits per heavy atom. The van der Waals surface area contributed by atoms with Gasteiger partial charge in [0.25, 0.3) is 0 Å². The third-order valence-electron chi connectivity index (χ3n) is 4.04. The maximum absolute atomic E-state index is 9.64. The quantitative estimate of drug-likeness (QED) is 0.845. The molecule has 8 heteroatoms. The molecule has 4 atom stereocenters. The highest BCUT2D eigenvalue weighted by atomic mass is 35.5. The van der Waals surface area contributed by atoms with E-state index in [4.69, 9.17) is 21.1 Å². The molecule has 0 amide bonds. The van der Waals surface area contributed by atoms with Crippen LogP contribution in [0.3, 0.4) is 0 Å². The highest BCUT2D eigenvalue weighted by molar-refractivity contribution is 8.00. The monoisotopic (exact) mass is 341 g/mol. The van der Waals surface area contributed by atoms with Gasteiger partial charge in [0, 0.05) is 6.20 Å². The molecule has 0 spiro atoms. The third kappa shape index (κ3) is 2.15. The Hall–Kier alpha value is -0.860. The lowest BCUT2D eigenvalue weighted by Gasteiger charge is -2.23. The Bertz CT molecular complexity index is 722. The number of halogens is 1. The van der Waals surface area contributed by atoms with Gasteiger partial charge in [0.1, 0.15) is 34.7 Å². The summed E-state index contributed by atoms with van der Waals surface area (Å²) in [6.45, 7) is 3.85. The smallest absolute Gasteiger partial charge is 0.163 e. The van der Waals surface area contributed by atoms with Gasteiger partial charge in [-0.15, -0.1) is 11.8 Å². The van der Waals surface area contributed by atoms with Crippen LogP contribution in [0.2, 0.25) is 5.15 Å². The van der Waals surface area contributed by atoms with Gasteiger partial charge in [0.15, 0.2) is 5.79 Å². The Morgan fingerprint density at radius 1 is 1.36 bits per heavy atom. The first-order valence-corrected chi connectivity index (χ1v) is 8.41. The van der Waals surface area contributed by atoms with Crippen molar-refractivity contribution in [2.75, 3.05) is 6.61 Å². The van der Waals surface area contributed by atoms with Crippen molar-refractivity contribution in [3.8, 4) is 0 Å². The van der Waals surface area contributed by atoms with Crippen molar-refractivity contribution in [2.45, 2.75) is 42.5 Å². The van der Waals surface area contributed by atoms with Crippen molar-refractivity contribution in [3.63, 3.8) is 0 Å². The fourth-order valence-corrected chi connectivity index (χ4v) is 4.84. The van der Waals surface area contributed by atoms with Crippen LogP contribution in [-0.2, 0) is 9.47 Å². The van der Waals surface area contributed by atoms with E-state index in [2.05, 4.69) is 9.97 Å². The number of aromatic nitrogens is 3. The molecule has 4 rings (SSSR count). The zero-order valence-electron chi connectivity index (χ0n) is 12.1. The zero-order chi connectivity index (χ0) is 15.5. The predicted molar refractivity (Wildman–Crippen MR) is 83.9 cm³/mol. The molecular formula is C14H16ClN3O3S. The highest BCUT2D eigenvalue weighted by Gasteiger charge is 2.55. The Morgan fingerprint density at radius 2 is 2.14 bits per heavy atom. The van der Waals surface area contributed by atoms with Crippen molar-refractivity contribution in [1.82, 2.24) is 14.5 Å². The van der Waals surface area contributed by atoms with E-state index in [0.29, 0.717) is 5.15 Å². The zero-order valence-corrected chi connectivity index (χ0v) is 13.7. The molecule has 1 N–H and O–H groups in total. The molecule has 0 bridgehead atoms. The summed E-state index contributed by atoms with van der Waals surface area (Å²) in [4.78, 5) is 8.35. The summed E-state index contributed by atoms with van der Waals surface area (Å²) in [6, 6.07) is 1.90. The molecule has 6 nitrogen and oxygen atoms in total. The minimum atomic E-state index is -0.641. The summed E-state index contributed by atoms with van der Waals surface area (Å²) in [6.07, 6.45) is 3.12. The minimum Gasteiger partial charge on any atom is -0.395 e. The lowest BCUT2D eigenvalue weighted by molar-refractivity contribution is -0.149. The molecule has 22 heavy (non-hydrogen) atoms. The molecule has 0 unspecified atom stereocenters. The van der Waals surface area contributed by atoms with E-state index in [1.54, 1.807) is 11.8 Å². The Labute approximate surface area is 136 Å². The summed E-state index contributed by atoms with van der Waals surface area (Å²) >= 11 is 7.76. The van der Waals surface area contributed by atoms with Crippen LogP contribution in [-0.4, -0.2) is 49.5 Å². The van der Waals surface area contributed by atoms with Crippen LogP contribution in [0.15, 0.2) is 18.6 Å². The normalized spacial score (nSPS) is 33.5.